The van der Waals surface area contributed by atoms with Crippen molar-refractivity contribution in [3.63, 3.8) is 0 Å². The van der Waals surface area contributed by atoms with Crippen LogP contribution in [0, 0.1) is 3.57 Å². The molecule has 0 aromatic heterocycles. The number of rotatable bonds is 7. The Morgan fingerprint density at radius 3 is 2.62 bits per heavy atom. The Morgan fingerprint density at radius 2 is 2.05 bits per heavy atom. The molecule has 1 atom stereocenters. The summed E-state index contributed by atoms with van der Waals surface area (Å²) in [4.78, 5) is 0. The average Bonchev–Trinajstić information content (AvgIpc) is 2.48. The van der Waals surface area contributed by atoms with Crippen LogP contribution in [0.2, 0.25) is 0 Å². The summed E-state index contributed by atoms with van der Waals surface area (Å²) >= 11 is 2.40. The lowest BCUT2D eigenvalue weighted by Crippen LogP contribution is -2.01. The van der Waals surface area contributed by atoms with E-state index in [4.69, 9.17) is 0 Å². The van der Waals surface area contributed by atoms with E-state index in [0.717, 1.165) is 12.8 Å². The van der Waals surface area contributed by atoms with E-state index >= 15 is 0 Å². The predicted molar refractivity (Wildman–Crippen MR) is 105 cm³/mol. The van der Waals surface area contributed by atoms with Gasteiger partial charge in [0.2, 0.25) is 0 Å². The topological polar surface area (TPSA) is 0 Å². The van der Waals surface area contributed by atoms with Crippen molar-refractivity contribution < 1.29 is 0 Å². The molecule has 1 unspecified atom stereocenters. The van der Waals surface area contributed by atoms with Crippen molar-refractivity contribution in [2.24, 2.45) is 0 Å². The van der Waals surface area contributed by atoms with Gasteiger partial charge in [-0.1, -0.05) is 56.0 Å². The highest BCUT2D eigenvalue weighted by Gasteiger charge is 2.14. The van der Waals surface area contributed by atoms with Gasteiger partial charge in [-0.25, -0.2) is 0 Å². The molecule has 0 aliphatic rings. The molecule has 21 heavy (non-hydrogen) atoms. The summed E-state index contributed by atoms with van der Waals surface area (Å²) < 4.78 is 1.30. The first-order valence-corrected chi connectivity index (χ1v) is 8.62. The van der Waals surface area contributed by atoms with Crippen LogP contribution in [0.3, 0.4) is 0 Å². The normalized spacial score (nSPS) is 14.0. The second-order valence-electron chi connectivity index (χ2n) is 5.00. The van der Waals surface area contributed by atoms with Crippen molar-refractivity contribution in [1.82, 2.24) is 0 Å². The molecule has 0 N–H and O–H groups in total. The van der Waals surface area contributed by atoms with Gasteiger partial charge in [0.25, 0.3) is 0 Å². The van der Waals surface area contributed by atoms with Gasteiger partial charge in [0.05, 0.1) is 0 Å². The minimum atomic E-state index is 0.560. The molecule has 0 aliphatic carbocycles. The van der Waals surface area contributed by atoms with Crippen LogP contribution in [0.1, 0.15) is 50.7 Å². The van der Waals surface area contributed by atoms with Crippen molar-refractivity contribution in [2.45, 2.75) is 39.5 Å². The zero-order valence-corrected chi connectivity index (χ0v) is 15.4. The van der Waals surface area contributed by atoms with E-state index in [1.807, 2.05) is 6.08 Å². The van der Waals surface area contributed by atoms with E-state index < -0.39 is 0 Å². The predicted octanol–water partition coefficient (Wildman–Crippen LogP) is 6.90. The third-order valence-corrected chi connectivity index (χ3v) is 4.23. The molecule has 0 amide bonds. The van der Waals surface area contributed by atoms with Gasteiger partial charge in [0.1, 0.15) is 0 Å². The number of hydrogen-bond acceptors (Lipinski definition) is 0. The molecule has 0 nitrogen and oxygen atoms in total. The minimum absolute atomic E-state index is 0.560. The fourth-order valence-electron chi connectivity index (χ4n) is 2.49. The summed E-state index contributed by atoms with van der Waals surface area (Å²) in [6, 6.07) is 6.75. The Hall–Kier alpha value is -1.09. The van der Waals surface area contributed by atoms with E-state index in [9.17, 15) is 0 Å². The van der Waals surface area contributed by atoms with Gasteiger partial charge in [-0.15, -0.1) is 0 Å². The highest BCUT2D eigenvalue weighted by Crippen LogP contribution is 2.33. The van der Waals surface area contributed by atoms with Crippen LogP contribution in [0.15, 0.2) is 61.2 Å². The second-order valence-corrected chi connectivity index (χ2v) is 6.24. The third kappa shape index (κ3) is 5.31. The molecule has 112 valence electrons. The lowest BCUT2D eigenvalue weighted by Gasteiger charge is -2.19. The van der Waals surface area contributed by atoms with Crippen LogP contribution in [0.25, 0.3) is 5.57 Å². The Kier molecular flexibility index (Phi) is 8.36. The van der Waals surface area contributed by atoms with Crippen LogP contribution in [-0.2, 0) is 0 Å². The first-order valence-electron chi connectivity index (χ1n) is 7.54. The van der Waals surface area contributed by atoms with E-state index in [1.165, 1.54) is 20.3 Å². The molecule has 0 bridgehead atoms. The van der Waals surface area contributed by atoms with Crippen molar-refractivity contribution in [1.29, 1.82) is 0 Å². The van der Waals surface area contributed by atoms with Crippen molar-refractivity contribution >= 4 is 28.2 Å². The largest absolute Gasteiger partial charge is 0.0990 e. The summed E-state index contributed by atoms with van der Waals surface area (Å²) in [6.07, 6.45) is 14.9. The maximum absolute atomic E-state index is 3.85. The maximum atomic E-state index is 3.85. The second kappa shape index (κ2) is 9.78. The third-order valence-electron chi connectivity index (χ3n) is 3.56. The lowest BCUT2D eigenvalue weighted by molar-refractivity contribution is 0.672. The zero-order valence-electron chi connectivity index (χ0n) is 13.3. The minimum Gasteiger partial charge on any atom is -0.0990 e. The monoisotopic (exact) mass is 392 g/mol. The Bertz CT molecular complexity index is 547. The summed E-state index contributed by atoms with van der Waals surface area (Å²) in [5.41, 5.74) is 4.00. The number of benzene rings is 1. The maximum Gasteiger partial charge on any atom is 0.0133 e. The molecule has 1 rings (SSSR count). The standard InChI is InChI=1S/C20H25I/c1-5-9-12-16(8-4)20-15-18(21)13-14-19(20)17(10-6-2)11-7-3/h5-7,9-11,13-16H,2,8,12H2,1,3-4H3/b9-5-,11-7-,17-10+. The van der Waals surface area contributed by atoms with Crippen LogP contribution < -0.4 is 0 Å². The van der Waals surface area contributed by atoms with Crippen molar-refractivity contribution in [3.05, 3.63) is 75.9 Å². The molecule has 0 aliphatic heterocycles. The SMILES string of the molecule is C=C/C=C(\C=C/C)c1ccc(I)cc1C(CC)C/C=C\C. The van der Waals surface area contributed by atoms with Crippen LogP contribution >= 0.6 is 22.6 Å². The quantitative estimate of drug-likeness (QED) is 0.269. The Labute approximate surface area is 143 Å². The van der Waals surface area contributed by atoms with E-state index in [2.05, 4.69) is 98.5 Å². The highest BCUT2D eigenvalue weighted by atomic mass is 127. The molecule has 1 aromatic carbocycles. The van der Waals surface area contributed by atoms with Gasteiger partial charge in [-0.3, -0.25) is 0 Å². The average molecular weight is 392 g/mol. The Balaban J connectivity index is 3.38. The first-order chi connectivity index (χ1) is 10.2. The van der Waals surface area contributed by atoms with E-state index in [0.29, 0.717) is 5.92 Å². The van der Waals surface area contributed by atoms with Gasteiger partial charge >= 0.3 is 0 Å². The fourth-order valence-corrected chi connectivity index (χ4v) is 3.01. The number of allylic oxidation sites excluding steroid dienone is 7. The van der Waals surface area contributed by atoms with Gasteiger partial charge in [0.15, 0.2) is 0 Å². The van der Waals surface area contributed by atoms with Crippen LogP contribution in [-0.4, -0.2) is 0 Å². The van der Waals surface area contributed by atoms with Gasteiger partial charge in [-0.2, -0.15) is 0 Å². The van der Waals surface area contributed by atoms with Gasteiger partial charge < -0.3 is 0 Å². The zero-order chi connectivity index (χ0) is 15.7. The van der Waals surface area contributed by atoms with Crippen LogP contribution in [0.5, 0.6) is 0 Å². The molecule has 1 aromatic rings. The van der Waals surface area contributed by atoms with Gasteiger partial charge in [0, 0.05) is 3.57 Å². The van der Waals surface area contributed by atoms with Crippen molar-refractivity contribution in [2.75, 3.05) is 0 Å². The lowest BCUT2D eigenvalue weighted by atomic mass is 9.86. The molecule has 0 saturated heterocycles. The fraction of sp³-hybridized carbons (Fsp3) is 0.300. The first kappa shape index (κ1) is 18.0. The number of hydrogen-bond donors (Lipinski definition) is 0. The summed E-state index contributed by atoms with van der Waals surface area (Å²) in [5, 5.41) is 0. The molecule has 1 heteroatoms. The summed E-state index contributed by atoms with van der Waals surface area (Å²) in [6.45, 7) is 10.3. The van der Waals surface area contributed by atoms with Crippen molar-refractivity contribution in [3.8, 4) is 0 Å². The molecule has 0 fully saturated rings. The van der Waals surface area contributed by atoms with Gasteiger partial charge in [-0.05, 0) is 84.0 Å². The molecule has 0 heterocycles. The Morgan fingerprint density at radius 1 is 1.29 bits per heavy atom. The van der Waals surface area contributed by atoms with E-state index in [-0.39, 0.29) is 0 Å². The molecular weight excluding hydrogens is 367 g/mol. The molecule has 0 saturated carbocycles. The highest BCUT2D eigenvalue weighted by molar-refractivity contribution is 14.1. The molecule has 0 spiro atoms. The number of halogens is 1. The van der Waals surface area contributed by atoms with E-state index in [1.54, 1.807) is 0 Å². The van der Waals surface area contributed by atoms with Crippen LogP contribution in [0.4, 0.5) is 0 Å². The summed E-state index contributed by atoms with van der Waals surface area (Å²) in [5.74, 6) is 0.560. The summed E-state index contributed by atoms with van der Waals surface area (Å²) in [7, 11) is 0. The molecular formula is C20H25I. The smallest absolute Gasteiger partial charge is 0.0133 e. The molecule has 0 radical (unpaired) electrons.